The molecule has 0 atom stereocenters. The predicted octanol–water partition coefficient (Wildman–Crippen LogP) is 4.19. The Balaban J connectivity index is 1.38. The Bertz CT molecular complexity index is 815. The van der Waals surface area contributed by atoms with Crippen molar-refractivity contribution in [1.29, 1.82) is 0 Å². The van der Waals surface area contributed by atoms with E-state index in [-0.39, 0.29) is 6.10 Å². The van der Waals surface area contributed by atoms with E-state index in [1.54, 1.807) is 12.5 Å². The van der Waals surface area contributed by atoms with Gasteiger partial charge in [0.25, 0.3) is 0 Å². The number of nitrogens with zero attached hydrogens (tertiary/aromatic N) is 3. The minimum Gasteiger partial charge on any atom is -0.490 e. The maximum atomic E-state index is 6.35. The summed E-state index contributed by atoms with van der Waals surface area (Å²) in [6.45, 7) is 3.15. The Morgan fingerprint density at radius 2 is 1.69 bits per heavy atom. The van der Waals surface area contributed by atoms with Gasteiger partial charge in [-0.05, 0) is 36.6 Å². The Kier molecular flexibility index (Phi) is 5.22. The molecule has 0 radical (unpaired) electrons. The molecular weight excluding hydrogens is 322 g/mol. The number of piperidine rings is 1. The van der Waals surface area contributed by atoms with Crippen molar-refractivity contribution in [2.75, 3.05) is 13.1 Å². The largest absolute Gasteiger partial charge is 0.490 e. The van der Waals surface area contributed by atoms with Gasteiger partial charge in [-0.15, -0.1) is 0 Å². The van der Waals surface area contributed by atoms with Crippen LogP contribution in [0.4, 0.5) is 0 Å². The van der Waals surface area contributed by atoms with Crippen LogP contribution in [0.3, 0.4) is 0 Å². The summed E-state index contributed by atoms with van der Waals surface area (Å²) in [5, 5.41) is 0. The van der Waals surface area contributed by atoms with Gasteiger partial charge in [-0.2, -0.15) is 0 Å². The van der Waals surface area contributed by atoms with Gasteiger partial charge in [0, 0.05) is 31.4 Å². The molecule has 0 aliphatic carbocycles. The lowest BCUT2D eigenvalue weighted by atomic mass is 10.1. The van der Waals surface area contributed by atoms with Gasteiger partial charge in [0.2, 0.25) is 0 Å². The van der Waals surface area contributed by atoms with E-state index in [1.807, 2.05) is 24.3 Å². The summed E-state index contributed by atoms with van der Waals surface area (Å²) in [6.07, 6.45) is 5.69. The van der Waals surface area contributed by atoms with Crippen LogP contribution in [0.25, 0.3) is 11.3 Å². The van der Waals surface area contributed by atoms with Crippen LogP contribution in [-0.4, -0.2) is 34.1 Å². The second-order valence-corrected chi connectivity index (χ2v) is 6.67. The monoisotopic (exact) mass is 345 g/mol. The normalized spacial score (nSPS) is 15.7. The van der Waals surface area contributed by atoms with Crippen molar-refractivity contribution < 1.29 is 4.74 Å². The second-order valence-electron chi connectivity index (χ2n) is 6.67. The Morgan fingerprint density at radius 3 is 2.46 bits per heavy atom. The maximum absolute atomic E-state index is 6.35. The fraction of sp³-hybridized carbons (Fsp3) is 0.273. The van der Waals surface area contributed by atoms with Crippen molar-refractivity contribution in [3.63, 3.8) is 0 Å². The molecule has 26 heavy (non-hydrogen) atoms. The lowest BCUT2D eigenvalue weighted by molar-refractivity contribution is 0.0972. The number of hydrogen-bond donors (Lipinski definition) is 0. The van der Waals surface area contributed by atoms with Gasteiger partial charge >= 0.3 is 0 Å². The number of rotatable bonds is 5. The van der Waals surface area contributed by atoms with E-state index < -0.39 is 0 Å². The van der Waals surface area contributed by atoms with E-state index in [9.17, 15) is 0 Å². The fourth-order valence-corrected chi connectivity index (χ4v) is 3.44. The lowest BCUT2D eigenvalue weighted by Crippen LogP contribution is -2.37. The third-order valence-corrected chi connectivity index (χ3v) is 4.82. The molecule has 1 aliphatic heterocycles. The molecule has 4 rings (SSSR count). The molecule has 0 saturated carbocycles. The molecule has 132 valence electrons. The Hall–Kier alpha value is -2.72. The third-order valence-electron chi connectivity index (χ3n) is 4.82. The number of hydrogen-bond acceptors (Lipinski definition) is 4. The lowest BCUT2D eigenvalue weighted by Gasteiger charge is -2.32. The SMILES string of the molecule is c1ccc(CN2CCC(Oc3ccccc3-c3ccncn3)CC2)cc1. The third kappa shape index (κ3) is 4.09. The summed E-state index contributed by atoms with van der Waals surface area (Å²) in [7, 11) is 0. The van der Waals surface area contributed by atoms with Crippen LogP contribution in [0, 0.1) is 0 Å². The summed E-state index contributed by atoms with van der Waals surface area (Å²) >= 11 is 0. The fourth-order valence-electron chi connectivity index (χ4n) is 3.44. The zero-order valence-electron chi connectivity index (χ0n) is 14.8. The molecule has 1 aliphatic rings. The Morgan fingerprint density at radius 1 is 0.923 bits per heavy atom. The average molecular weight is 345 g/mol. The summed E-state index contributed by atoms with van der Waals surface area (Å²) in [4.78, 5) is 10.9. The van der Waals surface area contributed by atoms with E-state index in [0.29, 0.717) is 0 Å². The first kappa shape index (κ1) is 16.7. The van der Waals surface area contributed by atoms with Crippen molar-refractivity contribution in [2.45, 2.75) is 25.5 Å². The molecule has 2 aromatic carbocycles. The highest BCUT2D eigenvalue weighted by molar-refractivity contribution is 5.66. The van der Waals surface area contributed by atoms with Crippen LogP contribution >= 0.6 is 0 Å². The number of benzene rings is 2. The molecule has 1 fully saturated rings. The smallest absolute Gasteiger partial charge is 0.129 e. The molecule has 0 unspecified atom stereocenters. The van der Waals surface area contributed by atoms with Crippen molar-refractivity contribution in [1.82, 2.24) is 14.9 Å². The van der Waals surface area contributed by atoms with E-state index in [2.05, 4.69) is 51.3 Å². The molecule has 1 saturated heterocycles. The quantitative estimate of drug-likeness (QED) is 0.695. The Labute approximate surface area is 154 Å². The topological polar surface area (TPSA) is 38.2 Å². The average Bonchev–Trinajstić information content (AvgIpc) is 2.71. The molecule has 0 spiro atoms. The van der Waals surface area contributed by atoms with E-state index in [0.717, 1.165) is 49.5 Å². The number of aromatic nitrogens is 2. The van der Waals surface area contributed by atoms with Crippen molar-refractivity contribution in [2.24, 2.45) is 0 Å². The summed E-state index contributed by atoms with van der Waals surface area (Å²) in [5.41, 5.74) is 3.31. The molecule has 0 N–H and O–H groups in total. The van der Waals surface area contributed by atoms with E-state index in [4.69, 9.17) is 4.74 Å². The van der Waals surface area contributed by atoms with E-state index >= 15 is 0 Å². The molecule has 4 nitrogen and oxygen atoms in total. The predicted molar refractivity (Wildman–Crippen MR) is 103 cm³/mol. The molecular formula is C22H23N3O. The highest BCUT2D eigenvalue weighted by atomic mass is 16.5. The maximum Gasteiger partial charge on any atom is 0.129 e. The summed E-state index contributed by atoms with van der Waals surface area (Å²) in [5.74, 6) is 0.910. The summed E-state index contributed by atoms with van der Waals surface area (Å²) < 4.78 is 6.35. The van der Waals surface area contributed by atoms with Gasteiger partial charge < -0.3 is 4.74 Å². The highest BCUT2D eigenvalue weighted by Crippen LogP contribution is 2.30. The van der Waals surface area contributed by atoms with Crippen LogP contribution in [-0.2, 0) is 6.54 Å². The van der Waals surface area contributed by atoms with Crippen molar-refractivity contribution in [3.05, 3.63) is 78.8 Å². The molecule has 1 aromatic heterocycles. The van der Waals surface area contributed by atoms with E-state index in [1.165, 1.54) is 5.56 Å². The number of likely N-dealkylation sites (tertiary alicyclic amines) is 1. The molecule has 4 heteroatoms. The number of ether oxygens (including phenoxy) is 1. The molecule has 3 aromatic rings. The second kappa shape index (κ2) is 8.11. The minimum absolute atomic E-state index is 0.255. The van der Waals surface area contributed by atoms with Gasteiger partial charge in [0.15, 0.2) is 0 Å². The van der Waals surface area contributed by atoms with Crippen molar-refractivity contribution >= 4 is 0 Å². The highest BCUT2D eigenvalue weighted by Gasteiger charge is 2.21. The minimum atomic E-state index is 0.255. The zero-order valence-corrected chi connectivity index (χ0v) is 14.8. The van der Waals surface area contributed by atoms with Gasteiger partial charge in [-0.3, -0.25) is 4.90 Å². The van der Waals surface area contributed by atoms with Crippen LogP contribution in [0.5, 0.6) is 5.75 Å². The first-order chi connectivity index (χ1) is 12.9. The zero-order chi connectivity index (χ0) is 17.6. The van der Waals surface area contributed by atoms with Crippen LogP contribution in [0.15, 0.2) is 73.2 Å². The van der Waals surface area contributed by atoms with Crippen molar-refractivity contribution in [3.8, 4) is 17.0 Å². The first-order valence-electron chi connectivity index (χ1n) is 9.17. The van der Waals surface area contributed by atoms with Gasteiger partial charge in [-0.1, -0.05) is 42.5 Å². The standard InChI is InChI=1S/C22H23N3O/c1-2-6-18(7-3-1)16-25-14-11-19(12-15-25)26-22-9-5-4-8-20(22)21-10-13-23-17-24-21/h1-10,13,17,19H,11-12,14-16H2. The number of para-hydroxylation sites is 1. The van der Waals surface area contributed by atoms with Crippen LogP contribution in [0.1, 0.15) is 18.4 Å². The molecule has 0 bridgehead atoms. The first-order valence-corrected chi connectivity index (χ1v) is 9.17. The summed E-state index contributed by atoms with van der Waals surface area (Å²) in [6, 6.07) is 20.7. The van der Waals surface area contributed by atoms with Crippen LogP contribution < -0.4 is 4.74 Å². The van der Waals surface area contributed by atoms with Gasteiger partial charge in [0.1, 0.15) is 18.2 Å². The molecule has 0 amide bonds. The van der Waals surface area contributed by atoms with Gasteiger partial charge in [-0.25, -0.2) is 9.97 Å². The van der Waals surface area contributed by atoms with Crippen LogP contribution in [0.2, 0.25) is 0 Å². The molecule has 2 heterocycles. The van der Waals surface area contributed by atoms with Gasteiger partial charge in [0.05, 0.1) is 5.69 Å².